The van der Waals surface area contributed by atoms with Crippen molar-refractivity contribution in [3.8, 4) is 0 Å². The third-order valence-electron chi connectivity index (χ3n) is 4.71. The summed E-state index contributed by atoms with van der Waals surface area (Å²) in [5, 5.41) is 4.44. The highest BCUT2D eigenvalue weighted by Gasteiger charge is 2.46. The first-order chi connectivity index (χ1) is 11.8. The van der Waals surface area contributed by atoms with Crippen LogP contribution in [0.1, 0.15) is 46.1 Å². The molecule has 5 nitrogen and oxygen atoms in total. The molecule has 25 heavy (non-hydrogen) atoms. The highest BCUT2D eigenvalue weighted by atomic mass is 79.9. The van der Waals surface area contributed by atoms with Gasteiger partial charge in [0.15, 0.2) is 0 Å². The number of allylic oxidation sites excluding steroid dienone is 2. The molecule has 6 heteroatoms. The lowest BCUT2D eigenvalue weighted by atomic mass is 9.86. The minimum absolute atomic E-state index is 0.164. The van der Waals surface area contributed by atoms with Crippen LogP contribution in [0.25, 0.3) is 0 Å². The van der Waals surface area contributed by atoms with Gasteiger partial charge in [-0.2, -0.15) is 5.10 Å². The number of aromatic nitrogens is 2. The van der Waals surface area contributed by atoms with E-state index in [2.05, 4.69) is 32.0 Å². The van der Waals surface area contributed by atoms with Crippen molar-refractivity contribution >= 4 is 21.9 Å². The first kappa shape index (κ1) is 18.4. The van der Waals surface area contributed by atoms with Gasteiger partial charge in [-0.1, -0.05) is 24.3 Å². The number of rotatable bonds is 3. The van der Waals surface area contributed by atoms with E-state index in [1.54, 1.807) is 0 Å². The number of carbonyl (C=O) groups is 1. The van der Waals surface area contributed by atoms with Crippen LogP contribution in [0, 0.1) is 0 Å². The van der Waals surface area contributed by atoms with Crippen LogP contribution in [0.15, 0.2) is 41.2 Å². The summed E-state index contributed by atoms with van der Waals surface area (Å²) in [7, 11) is 0. The molecule has 0 saturated carbocycles. The Labute approximate surface area is 157 Å². The average molecular weight is 408 g/mol. The molecule has 2 atom stereocenters. The van der Waals surface area contributed by atoms with Crippen LogP contribution in [-0.4, -0.2) is 44.9 Å². The minimum atomic E-state index is -0.717. The van der Waals surface area contributed by atoms with Crippen LogP contribution in [0.2, 0.25) is 0 Å². The van der Waals surface area contributed by atoms with E-state index in [1.165, 1.54) is 0 Å². The van der Waals surface area contributed by atoms with Gasteiger partial charge >= 0.3 is 5.97 Å². The first-order valence-electron chi connectivity index (χ1n) is 8.83. The molecule has 1 aliphatic heterocycles. The summed E-state index contributed by atoms with van der Waals surface area (Å²) in [6.07, 6.45) is 14.6. The van der Waals surface area contributed by atoms with Gasteiger partial charge in [0.05, 0.1) is 16.7 Å². The molecule has 1 aromatic heterocycles. The maximum absolute atomic E-state index is 13.1. The lowest BCUT2D eigenvalue weighted by Gasteiger charge is -2.45. The Morgan fingerprint density at radius 2 is 2.20 bits per heavy atom. The van der Waals surface area contributed by atoms with Crippen molar-refractivity contribution < 1.29 is 9.53 Å². The van der Waals surface area contributed by atoms with Crippen molar-refractivity contribution in [3.63, 3.8) is 0 Å². The molecule has 1 saturated heterocycles. The summed E-state index contributed by atoms with van der Waals surface area (Å²) in [6.45, 7) is 7.42. The zero-order valence-electron chi connectivity index (χ0n) is 15.1. The molecule has 1 aromatic rings. The van der Waals surface area contributed by atoms with Crippen molar-refractivity contribution in [2.24, 2.45) is 0 Å². The highest BCUT2D eigenvalue weighted by Crippen LogP contribution is 2.34. The van der Waals surface area contributed by atoms with Crippen molar-refractivity contribution in [1.29, 1.82) is 0 Å². The van der Waals surface area contributed by atoms with Gasteiger partial charge in [0.25, 0.3) is 0 Å². The van der Waals surface area contributed by atoms with E-state index in [4.69, 9.17) is 4.74 Å². The molecule has 0 spiro atoms. The second-order valence-electron chi connectivity index (χ2n) is 7.80. The quantitative estimate of drug-likeness (QED) is 0.713. The fourth-order valence-corrected chi connectivity index (χ4v) is 3.84. The molecule has 2 heterocycles. The third-order valence-corrected chi connectivity index (χ3v) is 5.11. The molecular weight excluding hydrogens is 382 g/mol. The van der Waals surface area contributed by atoms with E-state index >= 15 is 0 Å². The van der Waals surface area contributed by atoms with Crippen LogP contribution < -0.4 is 0 Å². The largest absolute Gasteiger partial charge is 0.458 e. The Kier molecular flexibility index (Phi) is 5.21. The summed E-state index contributed by atoms with van der Waals surface area (Å²) in [5.74, 6) is -0.164. The van der Waals surface area contributed by atoms with Crippen molar-refractivity contribution in [3.05, 3.63) is 41.2 Å². The molecule has 1 aliphatic carbocycles. The fourth-order valence-electron chi connectivity index (χ4n) is 3.54. The number of esters is 1. The molecule has 2 aliphatic rings. The SMILES string of the molecule is CC(C)(C)OC(=O)C1(N2CCCC(n3cc(Br)cn3)C2)C=CC=CC1. The molecule has 0 aromatic carbocycles. The smallest absolute Gasteiger partial charge is 0.331 e. The second-order valence-corrected chi connectivity index (χ2v) is 8.71. The van der Waals surface area contributed by atoms with Crippen LogP contribution >= 0.6 is 15.9 Å². The maximum atomic E-state index is 13.1. The Bertz CT molecular complexity index is 689. The lowest BCUT2D eigenvalue weighted by Crippen LogP contribution is -2.58. The van der Waals surface area contributed by atoms with Crippen molar-refractivity contribution in [1.82, 2.24) is 14.7 Å². The van der Waals surface area contributed by atoms with Gasteiger partial charge in [-0.05, 0) is 62.5 Å². The predicted molar refractivity (Wildman–Crippen MR) is 101 cm³/mol. The Morgan fingerprint density at radius 1 is 1.40 bits per heavy atom. The van der Waals surface area contributed by atoms with Gasteiger partial charge in [0.1, 0.15) is 11.1 Å². The number of nitrogens with zero attached hydrogens (tertiary/aromatic N) is 3. The maximum Gasteiger partial charge on any atom is 0.331 e. The van der Waals surface area contributed by atoms with Crippen LogP contribution in [0.4, 0.5) is 0 Å². The van der Waals surface area contributed by atoms with E-state index in [-0.39, 0.29) is 12.0 Å². The zero-order chi connectivity index (χ0) is 18.1. The van der Waals surface area contributed by atoms with Crippen LogP contribution in [0.5, 0.6) is 0 Å². The van der Waals surface area contributed by atoms with E-state index < -0.39 is 11.1 Å². The second kappa shape index (κ2) is 7.08. The molecule has 136 valence electrons. The number of ether oxygens (including phenoxy) is 1. The van der Waals surface area contributed by atoms with Gasteiger partial charge in [-0.25, -0.2) is 4.79 Å². The van der Waals surface area contributed by atoms with E-state index in [0.717, 1.165) is 30.4 Å². The lowest BCUT2D eigenvalue weighted by molar-refractivity contribution is -0.167. The van der Waals surface area contributed by atoms with Gasteiger partial charge in [0, 0.05) is 12.7 Å². The average Bonchev–Trinajstić information content (AvgIpc) is 3.00. The number of likely N-dealkylation sites (tertiary alicyclic amines) is 1. The summed E-state index contributed by atoms with van der Waals surface area (Å²) in [6, 6.07) is 0.263. The van der Waals surface area contributed by atoms with Gasteiger partial charge in [0.2, 0.25) is 0 Å². The van der Waals surface area contributed by atoms with Gasteiger partial charge < -0.3 is 4.74 Å². The summed E-state index contributed by atoms with van der Waals surface area (Å²) in [5.41, 5.74) is -1.22. The first-order valence-corrected chi connectivity index (χ1v) is 9.62. The predicted octanol–water partition coefficient (Wildman–Crippen LogP) is 3.88. The Morgan fingerprint density at radius 3 is 2.80 bits per heavy atom. The van der Waals surface area contributed by atoms with Crippen LogP contribution in [-0.2, 0) is 9.53 Å². The van der Waals surface area contributed by atoms with Crippen molar-refractivity contribution in [2.45, 2.75) is 57.2 Å². The van der Waals surface area contributed by atoms with Gasteiger partial charge in [-0.3, -0.25) is 9.58 Å². The summed E-state index contributed by atoms with van der Waals surface area (Å²) in [4.78, 5) is 15.4. The number of hydrogen-bond acceptors (Lipinski definition) is 4. The summed E-state index contributed by atoms with van der Waals surface area (Å²) < 4.78 is 8.76. The van der Waals surface area contributed by atoms with E-state index in [9.17, 15) is 4.79 Å². The zero-order valence-corrected chi connectivity index (χ0v) is 16.7. The Balaban J connectivity index is 1.84. The molecule has 1 fully saturated rings. The normalized spacial score (nSPS) is 27.4. The Hall–Kier alpha value is -1.40. The number of hydrogen-bond donors (Lipinski definition) is 0. The number of piperidine rings is 1. The molecule has 0 radical (unpaired) electrons. The molecular formula is C19H26BrN3O2. The molecule has 2 unspecified atom stereocenters. The van der Waals surface area contributed by atoms with E-state index in [1.807, 2.05) is 56.1 Å². The molecule has 3 rings (SSSR count). The molecule has 0 amide bonds. The van der Waals surface area contributed by atoms with E-state index in [0.29, 0.717) is 6.42 Å². The fraction of sp³-hybridized carbons (Fsp3) is 0.579. The topological polar surface area (TPSA) is 47.4 Å². The van der Waals surface area contributed by atoms with Crippen molar-refractivity contribution in [2.75, 3.05) is 13.1 Å². The monoisotopic (exact) mass is 407 g/mol. The summed E-state index contributed by atoms with van der Waals surface area (Å²) >= 11 is 3.47. The molecule has 0 bridgehead atoms. The standard InChI is InChI=1S/C19H26BrN3O2/c1-18(2,3)25-17(24)19(9-5-4-6-10-19)22-11-7-8-16(14-22)23-13-15(20)12-21-23/h4-6,9,12-13,16H,7-8,10-11,14H2,1-3H3. The number of halogens is 1. The number of carbonyl (C=O) groups excluding carboxylic acids is 1. The highest BCUT2D eigenvalue weighted by molar-refractivity contribution is 9.10. The van der Waals surface area contributed by atoms with Gasteiger partial charge in [-0.15, -0.1) is 0 Å². The minimum Gasteiger partial charge on any atom is -0.458 e. The van der Waals surface area contributed by atoms with Crippen LogP contribution in [0.3, 0.4) is 0 Å². The third kappa shape index (κ3) is 4.06. The molecule has 0 N–H and O–H groups in total.